The SMILES string of the molecule is COc1cc(C)cc(N)c1C. The largest absolute Gasteiger partial charge is 0.496 e. The average Bonchev–Trinajstić information content (AvgIpc) is 1.96. The molecular weight excluding hydrogens is 138 g/mol. The summed E-state index contributed by atoms with van der Waals surface area (Å²) in [6.07, 6.45) is 0. The molecule has 0 amide bonds. The van der Waals surface area contributed by atoms with E-state index in [1.165, 1.54) is 0 Å². The molecule has 1 rings (SSSR count). The van der Waals surface area contributed by atoms with Crippen LogP contribution in [0.5, 0.6) is 5.75 Å². The van der Waals surface area contributed by atoms with Crippen LogP contribution >= 0.6 is 0 Å². The zero-order valence-corrected chi connectivity index (χ0v) is 7.14. The number of rotatable bonds is 1. The van der Waals surface area contributed by atoms with E-state index in [0.717, 1.165) is 22.6 Å². The Hall–Kier alpha value is -1.18. The highest BCUT2D eigenvalue weighted by Gasteiger charge is 2.01. The van der Waals surface area contributed by atoms with Gasteiger partial charge in [0.15, 0.2) is 0 Å². The van der Waals surface area contributed by atoms with Crippen molar-refractivity contribution in [2.75, 3.05) is 12.8 Å². The van der Waals surface area contributed by atoms with Gasteiger partial charge in [-0.3, -0.25) is 0 Å². The molecule has 0 heterocycles. The summed E-state index contributed by atoms with van der Waals surface area (Å²) < 4.78 is 5.13. The van der Waals surface area contributed by atoms with E-state index in [0.29, 0.717) is 0 Å². The van der Waals surface area contributed by atoms with Gasteiger partial charge < -0.3 is 10.5 Å². The molecule has 0 fully saturated rings. The van der Waals surface area contributed by atoms with Gasteiger partial charge in [-0.15, -0.1) is 0 Å². The van der Waals surface area contributed by atoms with Crippen LogP contribution in [0.1, 0.15) is 11.1 Å². The van der Waals surface area contributed by atoms with E-state index >= 15 is 0 Å². The van der Waals surface area contributed by atoms with E-state index in [1.54, 1.807) is 7.11 Å². The number of benzene rings is 1. The molecule has 2 nitrogen and oxygen atoms in total. The molecule has 2 N–H and O–H groups in total. The van der Waals surface area contributed by atoms with Crippen LogP contribution in [0.15, 0.2) is 12.1 Å². The summed E-state index contributed by atoms with van der Waals surface area (Å²) in [6, 6.07) is 3.92. The second kappa shape index (κ2) is 2.82. The fraction of sp³-hybridized carbons (Fsp3) is 0.333. The summed E-state index contributed by atoms with van der Waals surface area (Å²) in [5.41, 5.74) is 8.65. The van der Waals surface area contributed by atoms with Gasteiger partial charge >= 0.3 is 0 Å². The fourth-order valence-corrected chi connectivity index (χ4v) is 1.06. The molecule has 11 heavy (non-hydrogen) atoms. The van der Waals surface area contributed by atoms with E-state index in [1.807, 2.05) is 26.0 Å². The third kappa shape index (κ3) is 1.45. The van der Waals surface area contributed by atoms with Gasteiger partial charge in [0.1, 0.15) is 5.75 Å². The van der Waals surface area contributed by atoms with Gasteiger partial charge in [-0.25, -0.2) is 0 Å². The minimum atomic E-state index is 0.793. The predicted octanol–water partition coefficient (Wildman–Crippen LogP) is 1.89. The van der Waals surface area contributed by atoms with Crippen LogP contribution in [-0.4, -0.2) is 7.11 Å². The normalized spacial score (nSPS) is 9.73. The lowest BCUT2D eigenvalue weighted by molar-refractivity contribution is 0.411. The molecule has 0 saturated carbocycles. The highest BCUT2D eigenvalue weighted by atomic mass is 16.5. The monoisotopic (exact) mass is 151 g/mol. The molecule has 0 aromatic heterocycles. The van der Waals surface area contributed by atoms with Crippen molar-refractivity contribution in [2.45, 2.75) is 13.8 Å². The van der Waals surface area contributed by atoms with E-state index in [-0.39, 0.29) is 0 Å². The number of methoxy groups -OCH3 is 1. The van der Waals surface area contributed by atoms with Crippen LogP contribution < -0.4 is 10.5 Å². The van der Waals surface area contributed by atoms with Gasteiger partial charge in [0.2, 0.25) is 0 Å². The first-order valence-corrected chi connectivity index (χ1v) is 3.56. The highest BCUT2D eigenvalue weighted by Crippen LogP contribution is 2.24. The smallest absolute Gasteiger partial charge is 0.124 e. The van der Waals surface area contributed by atoms with Crippen LogP contribution in [0.3, 0.4) is 0 Å². The third-order valence-corrected chi connectivity index (χ3v) is 1.76. The first-order valence-electron chi connectivity index (χ1n) is 3.56. The maximum atomic E-state index is 5.72. The molecule has 0 aliphatic heterocycles. The summed E-state index contributed by atoms with van der Waals surface area (Å²) in [5.74, 6) is 0.863. The lowest BCUT2D eigenvalue weighted by atomic mass is 10.1. The van der Waals surface area contributed by atoms with E-state index in [2.05, 4.69) is 0 Å². The van der Waals surface area contributed by atoms with Gasteiger partial charge in [0, 0.05) is 11.3 Å². The van der Waals surface area contributed by atoms with Crippen molar-refractivity contribution in [1.29, 1.82) is 0 Å². The minimum Gasteiger partial charge on any atom is -0.496 e. The molecule has 0 atom stereocenters. The lowest BCUT2D eigenvalue weighted by Crippen LogP contribution is -1.94. The van der Waals surface area contributed by atoms with Crippen LogP contribution in [-0.2, 0) is 0 Å². The molecule has 60 valence electrons. The molecule has 1 aromatic carbocycles. The Morgan fingerprint density at radius 1 is 1.27 bits per heavy atom. The zero-order chi connectivity index (χ0) is 8.43. The molecular formula is C9H13NO. The van der Waals surface area contributed by atoms with E-state index in [4.69, 9.17) is 10.5 Å². The van der Waals surface area contributed by atoms with Crippen LogP contribution in [0.2, 0.25) is 0 Å². The second-order valence-electron chi connectivity index (χ2n) is 2.68. The molecule has 0 bridgehead atoms. The number of nitrogen functional groups attached to an aromatic ring is 1. The summed E-state index contributed by atoms with van der Waals surface area (Å²) in [6.45, 7) is 3.95. The Kier molecular flexibility index (Phi) is 2.03. The maximum absolute atomic E-state index is 5.72. The highest BCUT2D eigenvalue weighted by molar-refractivity contribution is 5.55. The Balaban J connectivity index is 3.24. The Morgan fingerprint density at radius 3 is 2.45 bits per heavy atom. The average molecular weight is 151 g/mol. The molecule has 0 saturated heterocycles. The van der Waals surface area contributed by atoms with E-state index in [9.17, 15) is 0 Å². The number of aryl methyl sites for hydroxylation is 1. The predicted molar refractivity (Wildman–Crippen MR) is 46.9 cm³/mol. The standard InChI is InChI=1S/C9H13NO/c1-6-4-8(10)7(2)9(5-6)11-3/h4-5H,10H2,1-3H3. The van der Waals surface area contributed by atoms with Gasteiger partial charge in [-0.2, -0.15) is 0 Å². The molecule has 0 aliphatic carbocycles. The topological polar surface area (TPSA) is 35.2 Å². The molecule has 0 radical (unpaired) electrons. The first-order chi connectivity index (χ1) is 5.15. The first kappa shape index (κ1) is 7.92. The summed E-state index contributed by atoms with van der Waals surface area (Å²) in [7, 11) is 1.65. The van der Waals surface area contributed by atoms with Crippen molar-refractivity contribution in [1.82, 2.24) is 0 Å². The number of ether oxygens (including phenoxy) is 1. The van der Waals surface area contributed by atoms with Gasteiger partial charge in [-0.1, -0.05) is 0 Å². The van der Waals surface area contributed by atoms with E-state index < -0.39 is 0 Å². The van der Waals surface area contributed by atoms with Gasteiger partial charge in [0.05, 0.1) is 7.11 Å². The quantitative estimate of drug-likeness (QED) is 0.622. The van der Waals surface area contributed by atoms with Crippen LogP contribution in [0, 0.1) is 13.8 Å². The lowest BCUT2D eigenvalue weighted by Gasteiger charge is -2.07. The number of hydrogen-bond acceptors (Lipinski definition) is 2. The van der Waals surface area contributed by atoms with Crippen molar-refractivity contribution >= 4 is 5.69 Å². The number of hydrogen-bond donors (Lipinski definition) is 1. The van der Waals surface area contributed by atoms with Crippen molar-refractivity contribution in [3.8, 4) is 5.75 Å². The molecule has 1 aromatic rings. The zero-order valence-electron chi connectivity index (χ0n) is 7.14. The summed E-state index contributed by atoms with van der Waals surface area (Å²) in [4.78, 5) is 0. The second-order valence-corrected chi connectivity index (χ2v) is 2.68. The molecule has 2 heteroatoms. The van der Waals surface area contributed by atoms with Crippen LogP contribution in [0.25, 0.3) is 0 Å². The van der Waals surface area contributed by atoms with Gasteiger partial charge in [0.25, 0.3) is 0 Å². The Morgan fingerprint density at radius 2 is 1.91 bits per heavy atom. The van der Waals surface area contributed by atoms with Crippen molar-refractivity contribution in [3.63, 3.8) is 0 Å². The number of nitrogens with two attached hydrogens (primary N) is 1. The number of anilines is 1. The van der Waals surface area contributed by atoms with Gasteiger partial charge in [-0.05, 0) is 31.5 Å². The maximum Gasteiger partial charge on any atom is 0.124 e. The fourth-order valence-electron chi connectivity index (χ4n) is 1.06. The van der Waals surface area contributed by atoms with Crippen molar-refractivity contribution < 1.29 is 4.74 Å². The summed E-state index contributed by atoms with van der Waals surface area (Å²) >= 11 is 0. The third-order valence-electron chi connectivity index (χ3n) is 1.76. The molecule has 0 unspecified atom stereocenters. The summed E-state index contributed by atoms with van der Waals surface area (Å²) in [5, 5.41) is 0. The van der Waals surface area contributed by atoms with Crippen molar-refractivity contribution in [3.05, 3.63) is 23.3 Å². The molecule has 0 aliphatic rings. The van der Waals surface area contributed by atoms with Crippen molar-refractivity contribution in [2.24, 2.45) is 0 Å². The Labute approximate surface area is 67.0 Å². The Bertz CT molecular complexity index is 269. The minimum absolute atomic E-state index is 0.793. The van der Waals surface area contributed by atoms with Crippen LogP contribution in [0.4, 0.5) is 5.69 Å². The molecule has 0 spiro atoms.